The number of sulfonamides is 1. The number of H-pyrrole nitrogens is 1. The smallest absolute Gasteiger partial charge is 0.235 e. The van der Waals surface area contributed by atoms with Gasteiger partial charge in [0, 0.05) is 11.3 Å². The van der Waals surface area contributed by atoms with Crippen LogP contribution >= 0.6 is 0 Å². The highest BCUT2D eigenvalue weighted by Gasteiger charge is 2.16. The van der Waals surface area contributed by atoms with Gasteiger partial charge in [-0.1, -0.05) is 0 Å². The zero-order valence-electron chi connectivity index (χ0n) is 10.9. The van der Waals surface area contributed by atoms with E-state index in [1.165, 1.54) is 0 Å². The standard InChI is InChI=1S/C10H18N4O3S/c1-6(10-7(2)13-14-8(10)3)12-9(15)5-11-18(4,16)17/h6,11H,5H2,1-4H3,(H,12,15)(H,13,14). The second kappa shape index (κ2) is 5.49. The summed E-state index contributed by atoms with van der Waals surface area (Å²) < 4.78 is 23.8. The largest absolute Gasteiger partial charge is 0.348 e. The molecule has 102 valence electrons. The maximum atomic E-state index is 11.5. The molecule has 1 rings (SSSR count). The molecule has 1 heterocycles. The fraction of sp³-hybridized carbons (Fsp3) is 0.600. The summed E-state index contributed by atoms with van der Waals surface area (Å²) in [6.07, 6.45) is 1.01. The molecule has 0 spiro atoms. The Balaban J connectivity index is 2.60. The maximum Gasteiger partial charge on any atom is 0.235 e. The molecule has 3 N–H and O–H groups in total. The summed E-state index contributed by atoms with van der Waals surface area (Å²) in [7, 11) is -3.35. The van der Waals surface area contributed by atoms with Crippen LogP contribution in [-0.4, -0.2) is 37.3 Å². The number of nitrogens with zero attached hydrogens (tertiary/aromatic N) is 1. The van der Waals surface area contributed by atoms with Crippen LogP contribution in [0.25, 0.3) is 0 Å². The molecule has 0 saturated carbocycles. The summed E-state index contributed by atoms with van der Waals surface area (Å²) in [4.78, 5) is 11.5. The van der Waals surface area contributed by atoms with Gasteiger partial charge in [-0.3, -0.25) is 9.89 Å². The zero-order valence-corrected chi connectivity index (χ0v) is 11.7. The Kier molecular flexibility index (Phi) is 4.47. The van der Waals surface area contributed by atoms with Gasteiger partial charge in [0.25, 0.3) is 0 Å². The molecule has 1 amide bonds. The van der Waals surface area contributed by atoms with Gasteiger partial charge in [0.15, 0.2) is 0 Å². The van der Waals surface area contributed by atoms with Crippen LogP contribution in [-0.2, 0) is 14.8 Å². The van der Waals surface area contributed by atoms with Gasteiger partial charge in [0.05, 0.1) is 24.5 Å². The van der Waals surface area contributed by atoms with Gasteiger partial charge in [-0.15, -0.1) is 0 Å². The van der Waals surface area contributed by atoms with Crippen LogP contribution < -0.4 is 10.0 Å². The fourth-order valence-corrected chi connectivity index (χ4v) is 2.15. The quantitative estimate of drug-likeness (QED) is 0.689. The third-order valence-electron chi connectivity index (χ3n) is 2.49. The molecule has 1 atom stereocenters. The number of amides is 1. The number of nitrogens with one attached hydrogen (secondary N) is 3. The van der Waals surface area contributed by atoms with Crippen LogP contribution in [0.4, 0.5) is 0 Å². The van der Waals surface area contributed by atoms with Crippen LogP contribution in [0.3, 0.4) is 0 Å². The first-order chi connectivity index (χ1) is 8.20. The predicted octanol–water partition coefficient (Wildman–Crippen LogP) is -0.247. The van der Waals surface area contributed by atoms with Gasteiger partial charge < -0.3 is 5.32 Å². The number of carbonyl (C=O) groups is 1. The summed E-state index contributed by atoms with van der Waals surface area (Å²) in [5.41, 5.74) is 2.62. The van der Waals surface area contributed by atoms with Crippen LogP contribution in [0.1, 0.15) is 29.9 Å². The molecule has 18 heavy (non-hydrogen) atoms. The lowest BCUT2D eigenvalue weighted by Crippen LogP contribution is -2.37. The number of aryl methyl sites for hydroxylation is 2. The van der Waals surface area contributed by atoms with Gasteiger partial charge in [-0.05, 0) is 20.8 Å². The molecule has 0 aliphatic carbocycles. The normalized spacial score (nSPS) is 13.3. The Morgan fingerprint density at radius 2 is 2.06 bits per heavy atom. The van der Waals surface area contributed by atoms with E-state index in [9.17, 15) is 13.2 Å². The molecule has 0 bridgehead atoms. The molecule has 0 aliphatic heterocycles. The number of aromatic nitrogens is 2. The van der Waals surface area contributed by atoms with E-state index in [0.717, 1.165) is 23.2 Å². The van der Waals surface area contributed by atoms with E-state index in [1.54, 1.807) is 0 Å². The fourth-order valence-electron chi connectivity index (χ4n) is 1.76. The summed E-state index contributed by atoms with van der Waals surface area (Å²) in [6, 6.07) is -0.224. The van der Waals surface area contributed by atoms with Gasteiger partial charge in [-0.25, -0.2) is 13.1 Å². The van der Waals surface area contributed by atoms with Crippen LogP contribution in [0.2, 0.25) is 0 Å². The van der Waals surface area contributed by atoms with E-state index in [2.05, 4.69) is 20.2 Å². The minimum atomic E-state index is -3.35. The van der Waals surface area contributed by atoms with Crippen molar-refractivity contribution in [1.29, 1.82) is 0 Å². The SMILES string of the molecule is Cc1n[nH]c(C)c1C(C)NC(=O)CNS(C)(=O)=O. The Labute approximate surface area is 106 Å². The Morgan fingerprint density at radius 1 is 1.44 bits per heavy atom. The van der Waals surface area contributed by atoms with E-state index < -0.39 is 10.0 Å². The van der Waals surface area contributed by atoms with Crippen molar-refractivity contribution >= 4 is 15.9 Å². The summed E-state index contributed by atoms with van der Waals surface area (Å²) in [5, 5.41) is 9.59. The molecule has 0 aliphatic rings. The molecule has 1 aromatic heterocycles. The lowest BCUT2D eigenvalue weighted by atomic mass is 10.1. The molecule has 7 nitrogen and oxygen atoms in total. The molecule has 0 fully saturated rings. The number of aromatic amines is 1. The van der Waals surface area contributed by atoms with Crippen molar-refractivity contribution < 1.29 is 13.2 Å². The lowest BCUT2D eigenvalue weighted by molar-refractivity contribution is -0.120. The average Bonchev–Trinajstić information content (AvgIpc) is 2.54. The zero-order chi connectivity index (χ0) is 13.9. The third kappa shape index (κ3) is 4.11. The Morgan fingerprint density at radius 3 is 2.50 bits per heavy atom. The maximum absolute atomic E-state index is 11.5. The highest BCUT2D eigenvalue weighted by atomic mass is 32.2. The summed E-state index contributed by atoms with van der Waals surface area (Å²) in [6.45, 7) is 5.27. The third-order valence-corrected chi connectivity index (χ3v) is 3.16. The van der Waals surface area contributed by atoms with Crippen molar-refractivity contribution in [2.45, 2.75) is 26.8 Å². The minimum Gasteiger partial charge on any atom is -0.348 e. The van der Waals surface area contributed by atoms with Crippen molar-refractivity contribution in [1.82, 2.24) is 20.2 Å². The van der Waals surface area contributed by atoms with E-state index >= 15 is 0 Å². The Bertz CT molecular complexity index is 516. The lowest BCUT2D eigenvalue weighted by Gasteiger charge is -2.14. The molecular weight excluding hydrogens is 256 g/mol. The minimum absolute atomic E-state index is 0.224. The van der Waals surface area contributed by atoms with E-state index in [4.69, 9.17) is 0 Å². The number of rotatable bonds is 5. The first-order valence-electron chi connectivity index (χ1n) is 5.46. The monoisotopic (exact) mass is 274 g/mol. The van der Waals surface area contributed by atoms with Crippen molar-refractivity contribution in [3.63, 3.8) is 0 Å². The predicted molar refractivity (Wildman–Crippen MR) is 67.5 cm³/mol. The topological polar surface area (TPSA) is 104 Å². The molecule has 0 radical (unpaired) electrons. The molecular formula is C10H18N4O3S. The van der Waals surface area contributed by atoms with Crippen molar-refractivity contribution in [2.75, 3.05) is 12.8 Å². The highest BCUT2D eigenvalue weighted by Crippen LogP contribution is 2.18. The molecule has 0 aromatic carbocycles. The van der Waals surface area contributed by atoms with E-state index in [0.29, 0.717) is 0 Å². The summed E-state index contributed by atoms with van der Waals surface area (Å²) in [5.74, 6) is -0.382. The molecule has 8 heteroatoms. The first-order valence-corrected chi connectivity index (χ1v) is 7.35. The van der Waals surface area contributed by atoms with Gasteiger partial charge in [0.2, 0.25) is 15.9 Å². The first kappa shape index (κ1) is 14.7. The average molecular weight is 274 g/mol. The molecule has 1 unspecified atom stereocenters. The Hall–Kier alpha value is -1.41. The number of hydrogen-bond donors (Lipinski definition) is 3. The van der Waals surface area contributed by atoms with E-state index in [-0.39, 0.29) is 18.5 Å². The molecule has 0 saturated heterocycles. The second-order valence-corrected chi connectivity index (χ2v) is 6.06. The molecule has 1 aromatic rings. The van der Waals surface area contributed by atoms with Gasteiger partial charge in [-0.2, -0.15) is 5.10 Å². The van der Waals surface area contributed by atoms with Crippen molar-refractivity contribution in [3.8, 4) is 0 Å². The van der Waals surface area contributed by atoms with Crippen LogP contribution in [0, 0.1) is 13.8 Å². The van der Waals surface area contributed by atoms with Crippen molar-refractivity contribution in [3.05, 3.63) is 17.0 Å². The number of carbonyl (C=O) groups excluding carboxylic acids is 1. The van der Waals surface area contributed by atoms with Gasteiger partial charge >= 0.3 is 0 Å². The number of hydrogen-bond acceptors (Lipinski definition) is 4. The summed E-state index contributed by atoms with van der Waals surface area (Å²) >= 11 is 0. The van der Waals surface area contributed by atoms with Gasteiger partial charge in [0.1, 0.15) is 0 Å². The highest BCUT2D eigenvalue weighted by molar-refractivity contribution is 7.88. The van der Waals surface area contributed by atoms with E-state index in [1.807, 2.05) is 20.8 Å². The van der Waals surface area contributed by atoms with Crippen LogP contribution in [0.15, 0.2) is 0 Å². The van der Waals surface area contributed by atoms with Crippen molar-refractivity contribution in [2.24, 2.45) is 0 Å². The second-order valence-electron chi connectivity index (χ2n) is 4.23. The van der Waals surface area contributed by atoms with Crippen LogP contribution in [0.5, 0.6) is 0 Å².